The Labute approximate surface area is 147 Å². The summed E-state index contributed by atoms with van der Waals surface area (Å²) in [6, 6.07) is 4.64. The summed E-state index contributed by atoms with van der Waals surface area (Å²) in [5, 5.41) is 2.84. The van der Waals surface area contributed by atoms with E-state index in [-0.39, 0.29) is 35.3 Å². The van der Waals surface area contributed by atoms with Crippen molar-refractivity contribution in [2.24, 2.45) is 11.8 Å². The van der Waals surface area contributed by atoms with Crippen molar-refractivity contribution in [3.63, 3.8) is 0 Å². The number of aromatic nitrogens is 2. The molecular weight excluding hydrogens is 318 g/mol. The number of fused-ring (bicyclic) bond motifs is 1. The van der Waals surface area contributed by atoms with E-state index in [1.165, 1.54) is 0 Å². The van der Waals surface area contributed by atoms with Crippen molar-refractivity contribution in [1.29, 1.82) is 0 Å². The number of nitrogens with zero attached hydrogens (tertiary/aromatic N) is 1. The number of ketones is 1. The predicted octanol–water partition coefficient (Wildman–Crippen LogP) is 2.89. The minimum Gasteiger partial charge on any atom is -0.342 e. The Morgan fingerprint density at radius 2 is 1.72 bits per heavy atom. The summed E-state index contributed by atoms with van der Waals surface area (Å²) in [4.78, 5) is 40.2. The van der Waals surface area contributed by atoms with Crippen molar-refractivity contribution in [2.45, 2.75) is 53.6 Å². The van der Waals surface area contributed by atoms with Gasteiger partial charge in [-0.2, -0.15) is 0 Å². The van der Waals surface area contributed by atoms with Gasteiger partial charge in [-0.1, -0.05) is 33.8 Å². The normalized spacial score (nSPS) is 13.0. The van der Waals surface area contributed by atoms with E-state index in [1.54, 1.807) is 16.7 Å². The van der Waals surface area contributed by atoms with E-state index in [0.717, 1.165) is 0 Å². The van der Waals surface area contributed by atoms with Crippen LogP contribution in [0, 0.1) is 11.8 Å². The van der Waals surface area contributed by atoms with Crippen LogP contribution in [0.5, 0.6) is 0 Å². The number of carbonyl (C=O) groups excluding carboxylic acids is 2. The molecule has 25 heavy (non-hydrogen) atoms. The van der Waals surface area contributed by atoms with Gasteiger partial charge in [0.25, 0.3) is 5.91 Å². The Balaban J connectivity index is 2.44. The lowest BCUT2D eigenvalue weighted by Crippen LogP contribution is -2.46. The topological polar surface area (TPSA) is 84.0 Å². The SMILES string of the molecule is CC(C)C(=O)C(NC(=O)c1cccc2c1[nH]c(=O)n2C(C)C)C(C)C. The summed E-state index contributed by atoms with van der Waals surface area (Å²) >= 11 is 0. The first-order valence-corrected chi connectivity index (χ1v) is 8.73. The predicted molar refractivity (Wildman–Crippen MR) is 98.9 cm³/mol. The quantitative estimate of drug-likeness (QED) is 0.844. The van der Waals surface area contributed by atoms with Crippen LogP contribution < -0.4 is 11.0 Å². The van der Waals surface area contributed by atoms with Gasteiger partial charge < -0.3 is 10.3 Å². The average molecular weight is 345 g/mol. The molecule has 0 bridgehead atoms. The van der Waals surface area contributed by atoms with Gasteiger partial charge in [0, 0.05) is 12.0 Å². The second-order valence-corrected chi connectivity index (χ2v) is 7.35. The molecule has 1 heterocycles. The molecule has 0 radical (unpaired) electrons. The van der Waals surface area contributed by atoms with Gasteiger partial charge in [0.05, 0.1) is 22.6 Å². The van der Waals surface area contributed by atoms with E-state index < -0.39 is 6.04 Å². The van der Waals surface area contributed by atoms with E-state index in [9.17, 15) is 14.4 Å². The van der Waals surface area contributed by atoms with Crippen LogP contribution >= 0.6 is 0 Å². The highest BCUT2D eigenvalue weighted by Crippen LogP contribution is 2.19. The second kappa shape index (κ2) is 7.25. The lowest BCUT2D eigenvalue weighted by Gasteiger charge is -2.23. The molecule has 0 aliphatic heterocycles. The molecule has 1 atom stereocenters. The summed E-state index contributed by atoms with van der Waals surface area (Å²) in [6.07, 6.45) is 0. The van der Waals surface area contributed by atoms with E-state index in [0.29, 0.717) is 16.6 Å². The van der Waals surface area contributed by atoms with Crippen LogP contribution in [0.25, 0.3) is 11.0 Å². The van der Waals surface area contributed by atoms with E-state index in [1.807, 2.05) is 47.6 Å². The molecule has 0 aliphatic rings. The molecule has 0 fully saturated rings. The molecule has 1 amide bonds. The molecule has 0 spiro atoms. The second-order valence-electron chi connectivity index (χ2n) is 7.35. The van der Waals surface area contributed by atoms with Crippen LogP contribution in [0.1, 0.15) is 57.9 Å². The molecule has 1 aromatic heterocycles. The smallest absolute Gasteiger partial charge is 0.326 e. The fourth-order valence-electron chi connectivity index (χ4n) is 3.00. The lowest BCUT2D eigenvalue weighted by atomic mass is 9.92. The van der Waals surface area contributed by atoms with Gasteiger partial charge >= 0.3 is 5.69 Å². The maximum absolute atomic E-state index is 12.8. The zero-order valence-electron chi connectivity index (χ0n) is 15.7. The van der Waals surface area contributed by atoms with E-state index >= 15 is 0 Å². The third-order valence-corrected chi connectivity index (χ3v) is 4.34. The Kier molecular flexibility index (Phi) is 5.50. The zero-order chi connectivity index (χ0) is 18.9. The van der Waals surface area contributed by atoms with Crippen molar-refractivity contribution in [1.82, 2.24) is 14.9 Å². The van der Waals surface area contributed by atoms with Crippen molar-refractivity contribution in [2.75, 3.05) is 0 Å². The number of hydrogen-bond donors (Lipinski definition) is 2. The van der Waals surface area contributed by atoms with Gasteiger partial charge in [-0.15, -0.1) is 0 Å². The van der Waals surface area contributed by atoms with Crippen LogP contribution in [-0.2, 0) is 4.79 Å². The Morgan fingerprint density at radius 1 is 1.08 bits per heavy atom. The molecule has 2 aromatic rings. The number of rotatable bonds is 6. The van der Waals surface area contributed by atoms with Gasteiger partial charge in [0.2, 0.25) is 0 Å². The number of H-pyrrole nitrogens is 1. The summed E-state index contributed by atoms with van der Waals surface area (Å²) < 4.78 is 1.62. The molecule has 2 N–H and O–H groups in total. The number of carbonyl (C=O) groups is 2. The molecule has 0 aliphatic carbocycles. The Morgan fingerprint density at radius 3 is 2.24 bits per heavy atom. The van der Waals surface area contributed by atoms with Crippen LogP contribution in [0.4, 0.5) is 0 Å². The zero-order valence-corrected chi connectivity index (χ0v) is 15.7. The molecule has 6 nitrogen and oxygen atoms in total. The maximum atomic E-state index is 12.8. The molecule has 0 saturated heterocycles. The molecule has 136 valence electrons. The fraction of sp³-hybridized carbons (Fsp3) is 0.526. The van der Waals surface area contributed by atoms with Crippen LogP contribution in [0.15, 0.2) is 23.0 Å². The van der Waals surface area contributed by atoms with Crippen molar-refractivity contribution in [3.8, 4) is 0 Å². The highest BCUT2D eigenvalue weighted by atomic mass is 16.2. The largest absolute Gasteiger partial charge is 0.342 e. The monoisotopic (exact) mass is 345 g/mol. The molecule has 1 unspecified atom stereocenters. The number of nitrogens with one attached hydrogen (secondary N) is 2. The number of imidazole rings is 1. The molecular formula is C19H27N3O3. The van der Waals surface area contributed by atoms with Crippen molar-refractivity contribution in [3.05, 3.63) is 34.2 Å². The third kappa shape index (κ3) is 3.67. The molecule has 2 rings (SSSR count). The van der Waals surface area contributed by atoms with Crippen molar-refractivity contribution >= 4 is 22.7 Å². The summed E-state index contributed by atoms with van der Waals surface area (Å²) in [6.45, 7) is 11.3. The molecule has 0 saturated carbocycles. The number of benzene rings is 1. The van der Waals surface area contributed by atoms with E-state index in [2.05, 4.69) is 10.3 Å². The first-order chi connectivity index (χ1) is 11.6. The van der Waals surface area contributed by atoms with Gasteiger partial charge in [-0.3, -0.25) is 14.2 Å². The van der Waals surface area contributed by atoms with Crippen LogP contribution in [0.3, 0.4) is 0 Å². The van der Waals surface area contributed by atoms with Gasteiger partial charge in [-0.25, -0.2) is 4.79 Å². The highest BCUT2D eigenvalue weighted by Gasteiger charge is 2.27. The number of Topliss-reactive ketones (excluding diaryl/α,β-unsaturated/α-hetero) is 1. The van der Waals surface area contributed by atoms with Gasteiger partial charge in [0.1, 0.15) is 0 Å². The minimum atomic E-state index is -0.554. The summed E-state index contributed by atoms with van der Waals surface area (Å²) in [7, 11) is 0. The Bertz CT molecular complexity index is 843. The Hall–Kier alpha value is -2.37. The van der Waals surface area contributed by atoms with E-state index in [4.69, 9.17) is 0 Å². The third-order valence-electron chi connectivity index (χ3n) is 4.34. The minimum absolute atomic E-state index is 0.00349. The van der Waals surface area contributed by atoms with Gasteiger partial charge in [0.15, 0.2) is 5.78 Å². The summed E-state index contributed by atoms with van der Waals surface area (Å²) in [5.41, 5.74) is 1.31. The summed E-state index contributed by atoms with van der Waals surface area (Å²) in [5.74, 6) is -0.526. The first-order valence-electron chi connectivity index (χ1n) is 8.73. The van der Waals surface area contributed by atoms with Crippen LogP contribution in [-0.4, -0.2) is 27.3 Å². The number of aromatic amines is 1. The maximum Gasteiger partial charge on any atom is 0.326 e. The van der Waals surface area contributed by atoms with Crippen molar-refractivity contribution < 1.29 is 9.59 Å². The standard InChI is InChI=1S/C19H27N3O3/c1-10(2)15(17(23)11(3)4)20-18(24)13-8-7-9-14-16(13)21-19(25)22(14)12(5)6/h7-12,15H,1-6H3,(H,20,24)(H,21,25). The average Bonchev–Trinajstić information content (AvgIpc) is 2.86. The lowest BCUT2D eigenvalue weighted by molar-refractivity contribution is -0.124. The number of hydrogen-bond acceptors (Lipinski definition) is 3. The molecule has 1 aromatic carbocycles. The number of amides is 1. The van der Waals surface area contributed by atoms with Gasteiger partial charge in [-0.05, 0) is 31.9 Å². The number of para-hydroxylation sites is 1. The fourth-order valence-corrected chi connectivity index (χ4v) is 3.00. The molecule has 6 heteroatoms. The highest BCUT2D eigenvalue weighted by molar-refractivity contribution is 6.06. The first kappa shape index (κ1) is 19.0. The van der Waals surface area contributed by atoms with Crippen LogP contribution in [0.2, 0.25) is 0 Å².